The summed E-state index contributed by atoms with van der Waals surface area (Å²) in [5.41, 5.74) is 0. The lowest BCUT2D eigenvalue weighted by Gasteiger charge is -2.16. The Bertz CT molecular complexity index is 923. The van der Waals surface area contributed by atoms with Gasteiger partial charge in [0.1, 0.15) is 18.1 Å². The van der Waals surface area contributed by atoms with Crippen LogP contribution in [0.5, 0.6) is 0 Å². The smallest absolute Gasteiger partial charge is 0.328 e. The van der Waals surface area contributed by atoms with Crippen molar-refractivity contribution in [2.45, 2.75) is 98.7 Å². The van der Waals surface area contributed by atoms with Crippen molar-refractivity contribution in [2.24, 2.45) is 5.92 Å². The zero-order chi connectivity index (χ0) is 32.1. The normalized spacial score (nSPS) is 12.5. The Morgan fingerprint density at radius 1 is 0.675 bits per heavy atom. The van der Waals surface area contributed by atoms with E-state index in [1.54, 1.807) is 0 Å². The second kappa shape index (κ2) is 22.6. The summed E-state index contributed by atoms with van der Waals surface area (Å²) < 4.78 is 32.5. The van der Waals surface area contributed by atoms with E-state index in [2.05, 4.69) is 25.4 Å². The van der Waals surface area contributed by atoms with Crippen molar-refractivity contribution in [1.82, 2.24) is 20.7 Å². The van der Waals surface area contributed by atoms with Gasteiger partial charge < -0.3 is 25.4 Å². The molecule has 0 fully saturated rings. The molecule has 0 aliphatic rings. The molecule has 0 aliphatic heterocycles. The lowest BCUT2D eigenvalue weighted by atomic mass is 10.0. The first-order chi connectivity index (χ1) is 18.3. The molecule has 4 N–H and O–H groups in total. The van der Waals surface area contributed by atoms with Crippen LogP contribution in [0.3, 0.4) is 0 Å². The molecule has 0 heterocycles. The summed E-state index contributed by atoms with van der Waals surface area (Å²) in [6, 6.07) is -1.79. The molecular formula is C25H48N4O10S. The molecule has 0 aromatic heterocycles. The lowest BCUT2D eigenvalue weighted by Crippen LogP contribution is -2.47. The Hall–Kier alpha value is -3.23. The molecule has 15 heteroatoms. The molecule has 0 spiro atoms. The molecule has 0 aromatic rings. The van der Waals surface area contributed by atoms with Crippen LogP contribution in [0.25, 0.3) is 0 Å². The molecule has 14 nitrogen and oxygen atoms in total. The van der Waals surface area contributed by atoms with Crippen molar-refractivity contribution in [3.8, 4) is 0 Å². The molecule has 4 amide bonds. The first-order valence-corrected chi connectivity index (χ1v) is 14.7. The summed E-state index contributed by atoms with van der Waals surface area (Å²) in [5, 5.41) is 7.45. The highest BCUT2D eigenvalue weighted by molar-refractivity contribution is 7.89. The highest BCUT2D eigenvalue weighted by atomic mass is 32.2. The zero-order valence-electron chi connectivity index (χ0n) is 25.3. The molecule has 0 aliphatic carbocycles. The fraction of sp³-hybridized carbons (Fsp3) is 0.760. The fourth-order valence-corrected chi connectivity index (χ4v) is 3.56. The standard InChI is InChI=1S/C9H17NO3.C8H16N2O4S.C8H15NO3/c1-6(2)5-8(9(12)13-4)10-7(3)11;1-4-5-7(9-6(2)11)8(12)10-15(3,13)14;1-4-5-7(8(11)12-3)9-6(2)10/h6,8H,5H2,1-4H3,(H,10,11);7H,4-5H2,1-3H3,(H,9,11)(H,10,12);7H,4-5H2,1-3H3,(H,9,10)/t8-;2*7-/m000/s1. The van der Waals surface area contributed by atoms with E-state index in [0.717, 1.165) is 12.7 Å². The van der Waals surface area contributed by atoms with Crippen molar-refractivity contribution < 1.29 is 46.7 Å². The van der Waals surface area contributed by atoms with Crippen molar-refractivity contribution in [3.63, 3.8) is 0 Å². The predicted octanol–water partition coefficient (Wildman–Crippen LogP) is 0.541. The summed E-state index contributed by atoms with van der Waals surface area (Å²) in [4.78, 5) is 65.7. The van der Waals surface area contributed by atoms with Crippen molar-refractivity contribution in [2.75, 3.05) is 20.5 Å². The molecule has 40 heavy (non-hydrogen) atoms. The maximum absolute atomic E-state index is 11.4. The summed E-state index contributed by atoms with van der Waals surface area (Å²) in [5.74, 6) is -1.91. The van der Waals surface area contributed by atoms with Crippen molar-refractivity contribution in [1.29, 1.82) is 0 Å². The quantitative estimate of drug-likeness (QED) is 0.217. The number of methoxy groups -OCH3 is 2. The first-order valence-electron chi connectivity index (χ1n) is 12.8. The summed E-state index contributed by atoms with van der Waals surface area (Å²) >= 11 is 0. The molecule has 3 atom stereocenters. The molecule has 0 aromatic carbocycles. The number of carbonyl (C=O) groups excluding carboxylic acids is 6. The third-order valence-electron chi connectivity index (χ3n) is 4.57. The second-order valence-corrected chi connectivity index (χ2v) is 11.0. The van der Waals surface area contributed by atoms with Gasteiger partial charge in [-0.2, -0.15) is 0 Å². The third kappa shape index (κ3) is 25.1. The van der Waals surface area contributed by atoms with Gasteiger partial charge in [-0.25, -0.2) is 18.0 Å². The zero-order valence-corrected chi connectivity index (χ0v) is 26.2. The van der Waals surface area contributed by atoms with E-state index in [9.17, 15) is 37.2 Å². The van der Waals surface area contributed by atoms with E-state index in [-0.39, 0.29) is 29.7 Å². The van der Waals surface area contributed by atoms with Gasteiger partial charge in [-0.15, -0.1) is 0 Å². The van der Waals surface area contributed by atoms with Gasteiger partial charge in [-0.05, 0) is 25.2 Å². The van der Waals surface area contributed by atoms with Crippen LogP contribution < -0.4 is 20.7 Å². The molecule has 0 bridgehead atoms. The van der Waals surface area contributed by atoms with Gasteiger partial charge in [0.2, 0.25) is 27.7 Å². The lowest BCUT2D eigenvalue weighted by molar-refractivity contribution is -0.145. The van der Waals surface area contributed by atoms with Gasteiger partial charge in [-0.3, -0.25) is 23.9 Å². The highest BCUT2D eigenvalue weighted by Crippen LogP contribution is 2.06. The predicted molar refractivity (Wildman–Crippen MR) is 149 cm³/mol. The summed E-state index contributed by atoms with van der Waals surface area (Å²) in [6.07, 6.45) is 4.02. The maximum Gasteiger partial charge on any atom is 0.328 e. The van der Waals surface area contributed by atoms with Gasteiger partial charge in [-0.1, -0.05) is 40.5 Å². The van der Waals surface area contributed by atoms with E-state index in [1.807, 2.05) is 32.4 Å². The largest absolute Gasteiger partial charge is 0.467 e. The van der Waals surface area contributed by atoms with Crippen LogP contribution in [0.2, 0.25) is 0 Å². The number of ether oxygens (including phenoxy) is 2. The van der Waals surface area contributed by atoms with Gasteiger partial charge in [0, 0.05) is 20.8 Å². The highest BCUT2D eigenvalue weighted by Gasteiger charge is 2.22. The average Bonchev–Trinajstić information content (AvgIpc) is 2.80. The first kappa shape index (κ1) is 41.3. The summed E-state index contributed by atoms with van der Waals surface area (Å²) in [7, 11) is -0.944. The minimum Gasteiger partial charge on any atom is -0.467 e. The topological polar surface area (TPSA) is 203 Å². The Morgan fingerprint density at radius 2 is 1.02 bits per heavy atom. The van der Waals surface area contributed by atoms with Crippen LogP contribution in [0.4, 0.5) is 0 Å². The average molecular weight is 597 g/mol. The number of nitrogens with one attached hydrogen (secondary N) is 4. The van der Waals surface area contributed by atoms with E-state index in [4.69, 9.17) is 0 Å². The van der Waals surface area contributed by atoms with Gasteiger partial charge >= 0.3 is 11.9 Å². The number of esters is 2. The van der Waals surface area contributed by atoms with Crippen LogP contribution in [0.1, 0.15) is 80.6 Å². The molecule has 0 rings (SSSR count). The Kier molecular flexibility index (Phi) is 23.3. The number of carbonyl (C=O) groups is 6. The van der Waals surface area contributed by atoms with Crippen LogP contribution in [-0.4, -0.2) is 82.6 Å². The van der Waals surface area contributed by atoms with Gasteiger partial charge in [0.25, 0.3) is 5.91 Å². The Balaban J connectivity index is -0.000000517. The number of hydrogen-bond donors (Lipinski definition) is 4. The molecule has 234 valence electrons. The van der Waals surface area contributed by atoms with Crippen LogP contribution in [0.15, 0.2) is 0 Å². The van der Waals surface area contributed by atoms with E-state index >= 15 is 0 Å². The number of hydrogen-bond acceptors (Lipinski definition) is 10. The summed E-state index contributed by atoms with van der Waals surface area (Å²) in [6.45, 7) is 11.8. The van der Waals surface area contributed by atoms with E-state index in [0.29, 0.717) is 31.6 Å². The minimum atomic E-state index is -3.57. The molecule has 0 saturated carbocycles. The van der Waals surface area contributed by atoms with Crippen molar-refractivity contribution >= 4 is 45.6 Å². The molecule has 0 radical (unpaired) electrons. The second-order valence-electron chi connectivity index (χ2n) is 9.25. The number of rotatable bonds is 13. The Labute approximate surface area is 238 Å². The van der Waals surface area contributed by atoms with Gasteiger partial charge in [0.05, 0.1) is 20.5 Å². The third-order valence-corrected chi connectivity index (χ3v) is 5.14. The molecule has 0 saturated heterocycles. The molecule has 0 unspecified atom stereocenters. The van der Waals surface area contributed by atoms with E-state index < -0.39 is 34.1 Å². The number of amides is 4. The van der Waals surface area contributed by atoms with Crippen LogP contribution in [-0.2, 0) is 48.3 Å². The van der Waals surface area contributed by atoms with Crippen LogP contribution >= 0.6 is 0 Å². The monoisotopic (exact) mass is 596 g/mol. The fourth-order valence-electron chi connectivity index (χ4n) is 3.06. The maximum atomic E-state index is 11.4. The minimum absolute atomic E-state index is 0.209. The number of sulfonamides is 1. The van der Waals surface area contributed by atoms with Gasteiger partial charge in [0.15, 0.2) is 0 Å². The van der Waals surface area contributed by atoms with Crippen molar-refractivity contribution in [3.05, 3.63) is 0 Å². The molecular weight excluding hydrogens is 548 g/mol. The van der Waals surface area contributed by atoms with E-state index in [1.165, 1.54) is 35.0 Å². The SMILES string of the molecule is CCC[C@H](NC(C)=O)C(=O)NS(C)(=O)=O.CCC[C@H](NC(C)=O)C(=O)OC.COC(=O)[C@H](CC(C)C)NC(C)=O. The Morgan fingerprint density at radius 3 is 1.35 bits per heavy atom. The van der Waals surface area contributed by atoms with Crippen LogP contribution in [0, 0.1) is 5.92 Å².